The number of rotatable bonds is 6. The highest BCUT2D eigenvalue weighted by Gasteiger charge is 2.16. The SMILES string of the molecule is CCCC(N)C(=O)N(C)Cc1ccc(SC)cc1. The Kier molecular flexibility index (Phi) is 6.22. The molecule has 18 heavy (non-hydrogen) atoms. The van der Waals surface area contributed by atoms with Crippen LogP contribution in [-0.2, 0) is 11.3 Å². The molecule has 1 unspecified atom stereocenters. The van der Waals surface area contributed by atoms with Crippen molar-refractivity contribution in [2.45, 2.75) is 37.2 Å². The fraction of sp³-hybridized carbons (Fsp3) is 0.500. The summed E-state index contributed by atoms with van der Waals surface area (Å²) in [6.07, 6.45) is 3.73. The zero-order valence-corrected chi connectivity index (χ0v) is 12.2. The number of nitrogens with two attached hydrogens (primary N) is 1. The number of nitrogens with zero attached hydrogens (tertiary/aromatic N) is 1. The fourth-order valence-corrected chi connectivity index (χ4v) is 2.21. The Morgan fingerprint density at radius 1 is 1.39 bits per heavy atom. The fourth-order valence-electron chi connectivity index (χ4n) is 1.80. The molecule has 0 aliphatic rings. The predicted molar refractivity (Wildman–Crippen MR) is 77.6 cm³/mol. The van der Waals surface area contributed by atoms with Crippen LogP contribution in [0, 0.1) is 0 Å². The molecule has 0 heterocycles. The van der Waals surface area contributed by atoms with E-state index in [-0.39, 0.29) is 11.9 Å². The lowest BCUT2D eigenvalue weighted by Crippen LogP contribution is -2.41. The second-order valence-electron chi connectivity index (χ2n) is 4.44. The number of amides is 1. The lowest BCUT2D eigenvalue weighted by Gasteiger charge is -2.21. The van der Waals surface area contributed by atoms with Crippen molar-refractivity contribution in [1.29, 1.82) is 0 Å². The number of carbonyl (C=O) groups excluding carboxylic acids is 1. The minimum absolute atomic E-state index is 0.0193. The van der Waals surface area contributed by atoms with Crippen molar-refractivity contribution in [3.8, 4) is 0 Å². The van der Waals surface area contributed by atoms with E-state index in [1.54, 1.807) is 23.7 Å². The van der Waals surface area contributed by atoms with Crippen LogP contribution in [0.15, 0.2) is 29.2 Å². The van der Waals surface area contributed by atoms with Gasteiger partial charge in [-0.25, -0.2) is 0 Å². The first-order valence-corrected chi connectivity index (χ1v) is 7.44. The van der Waals surface area contributed by atoms with Crippen molar-refractivity contribution in [3.63, 3.8) is 0 Å². The van der Waals surface area contributed by atoms with Gasteiger partial charge in [-0.1, -0.05) is 25.5 Å². The average molecular weight is 266 g/mol. The molecule has 100 valence electrons. The van der Waals surface area contributed by atoms with Crippen LogP contribution in [0.2, 0.25) is 0 Å². The topological polar surface area (TPSA) is 46.3 Å². The first-order chi connectivity index (χ1) is 8.58. The molecule has 0 saturated carbocycles. The van der Waals surface area contributed by atoms with Gasteiger partial charge in [0.05, 0.1) is 6.04 Å². The van der Waals surface area contributed by atoms with Crippen molar-refractivity contribution >= 4 is 17.7 Å². The molecular formula is C14H22N2OS. The van der Waals surface area contributed by atoms with Crippen LogP contribution in [0.4, 0.5) is 0 Å². The molecule has 0 spiro atoms. The summed E-state index contributed by atoms with van der Waals surface area (Å²) in [6, 6.07) is 7.89. The third-order valence-electron chi connectivity index (χ3n) is 2.87. The van der Waals surface area contributed by atoms with Gasteiger partial charge in [0.2, 0.25) is 5.91 Å². The van der Waals surface area contributed by atoms with Gasteiger partial charge in [-0.3, -0.25) is 4.79 Å². The van der Waals surface area contributed by atoms with Crippen LogP contribution < -0.4 is 5.73 Å². The van der Waals surface area contributed by atoms with E-state index >= 15 is 0 Å². The standard InChI is InChI=1S/C14H22N2OS/c1-4-5-13(15)14(17)16(2)10-11-6-8-12(18-3)9-7-11/h6-9,13H,4-5,10,15H2,1-3H3. The van der Waals surface area contributed by atoms with Crippen LogP contribution >= 0.6 is 11.8 Å². The summed E-state index contributed by atoms with van der Waals surface area (Å²) in [6.45, 7) is 2.65. The normalized spacial score (nSPS) is 12.2. The summed E-state index contributed by atoms with van der Waals surface area (Å²) in [7, 11) is 1.81. The second-order valence-corrected chi connectivity index (χ2v) is 5.32. The summed E-state index contributed by atoms with van der Waals surface area (Å²) < 4.78 is 0. The number of hydrogen-bond donors (Lipinski definition) is 1. The molecule has 1 atom stereocenters. The minimum atomic E-state index is -0.370. The molecular weight excluding hydrogens is 244 g/mol. The molecule has 1 rings (SSSR count). The number of benzene rings is 1. The quantitative estimate of drug-likeness (QED) is 0.805. The van der Waals surface area contributed by atoms with E-state index in [9.17, 15) is 4.79 Å². The van der Waals surface area contributed by atoms with Crippen LogP contribution in [-0.4, -0.2) is 30.2 Å². The molecule has 0 bridgehead atoms. The zero-order valence-electron chi connectivity index (χ0n) is 11.3. The maximum atomic E-state index is 12.0. The lowest BCUT2D eigenvalue weighted by atomic mass is 10.1. The Morgan fingerprint density at radius 2 is 2.00 bits per heavy atom. The lowest BCUT2D eigenvalue weighted by molar-refractivity contribution is -0.131. The van der Waals surface area contributed by atoms with Gasteiger partial charge in [-0.15, -0.1) is 11.8 Å². The molecule has 1 aromatic carbocycles. The van der Waals surface area contributed by atoms with E-state index in [4.69, 9.17) is 5.73 Å². The van der Waals surface area contributed by atoms with Gasteiger partial charge in [-0.2, -0.15) is 0 Å². The highest BCUT2D eigenvalue weighted by molar-refractivity contribution is 7.98. The minimum Gasteiger partial charge on any atom is -0.340 e. The van der Waals surface area contributed by atoms with Crippen LogP contribution in [0.1, 0.15) is 25.3 Å². The highest BCUT2D eigenvalue weighted by Crippen LogP contribution is 2.15. The summed E-state index contributed by atoms with van der Waals surface area (Å²) in [5.41, 5.74) is 6.97. The summed E-state index contributed by atoms with van der Waals surface area (Å²) in [5, 5.41) is 0. The van der Waals surface area contributed by atoms with E-state index in [1.165, 1.54) is 4.90 Å². The van der Waals surface area contributed by atoms with Crippen LogP contribution in [0.5, 0.6) is 0 Å². The molecule has 4 heteroatoms. The van der Waals surface area contributed by atoms with Crippen molar-refractivity contribution in [3.05, 3.63) is 29.8 Å². The molecule has 1 amide bonds. The van der Waals surface area contributed by atoms with E-state index in [0.717, 1.165) is 18.4 Å². The van der Waals surface area contributed by atoms with Gasteiger partial charge in [0.1, 0.15) is 0 Å². The van der Waals surface area contributed by atoms with E-state index in [1.807, 2.05) is 6.92 Å². The zero-order chi connectivity index (χ0) is 13.5. The third kappa shape index (κ3) is 4.35. The number of carbonyl (C=O) groups is 1. The van der Waals surface area contributed by atoms with Crippen LogP contribution in [0.25, 0.3) is 0 Å². The monoisotopic (exact) mass is 266 g/mol. The largest absolute Gasteiger partial charge is 0.340 e. The van der Waals surface area contributed by atoms with Crippen molar-refractivity contribution in [2.24, 2.45) is 5.73 Å². The molecule has 0 aromatic heterocycles. The smallest absolute Gasteiger partial charge is 0.239 e. The second kappa shape index (κ2) is 7.44. The third-order valence-corrected chi connectivity index (χ3v) is 3.62. The van der Waals surface area contributed by atoms with Gasteiger partial charge in [0, 0.05) is 18.5 Å². The Labute approximate surface area is 114 Å². The Balaban J connectivity index is 2.57. The molecule has 1 aromatic rings. The van der Waals surface area contributed by atoms with Gasteiger partial charge < -0.3 is 10.6 Å². The Bertz CT molecular complexity index is 378. The summed E-state index contributed by atoms with van der Waals surface area (Å²) in [5.74, 6) is 0.0193. The Morgan fingerprint density at radius 3 is 2.50 bits per heavy atom. The molecule has 2 N–H and O–H groups in total. The predicted octanol–water partition coefficient (Wildman–Crippen LogP) is 2.49. The highest BCUT2D eigenvalue weighted by atomic mass is 32.2. The van der Waals surface area contributed by atoms with E-state index in [2.05, 4.69) is 30.5 Å². The molecule has 0 radical (unpaired) electrons. The van der Waals surface area contributed by atoms with Gasteiger partial charge in [0.25, 0.3) is 0 Å². The van der Waals surface area contributed by atoms with Crippen molar-refractivity contribution in [2.75, 3.05) is 13.3 Å². The number of thioether (sulfide) groups is 1. The van der Waals surface area contributed by atoms with Gasteiger partial charge in [-0.05, 0) is 30.4 Å². The first-order valence-electron chi connectivity index (χ1n) is 6.22. The maximum absolute atomic E-state index is 12.0. The molecule has 0 aliphatic heterocycles. The summed E-state index contributed by atoms with van der Waals surface area (Å²) in [4.78, 5) is 14.9. The van der Waals surface area contributed by atoms with Crippen LogP contribution in [0.3, 0.4) is 0 Å². The molecule has 0 aliphatic carbocycles. The van der Waals surface area contributed by atoms with E-state index in [0.29, 0.717) is 6.54 Å². The Hall–Kier alpha value is -1.00. The van der Waals surface area contributed by atoms with Gasteiger partial charge in [0.15, 0.2) is 0 Å². The summed E-state index contributed by atoms with van der Waals surface area (Å²) >= 11 is 1.71. The van der Waals surface area contributed by atoms with E-state index < -0.39 is 0 Å². The average Bonchev–Trinajstić information content (AvgIpc) is 2.39. The van der Waals surface area contributed by atoms with Gasteiger partial charge >= 0.3 is 0 Å². The van der Waals surface area contributed by atoms with Crippen molar-refractivity contribution < 1.29 is 4.79 Å². The first kappa shape index (κ1) is 15.1. The van der Waals surface area contributed by atoms with Crippen molar-refractivity contribution in [1.82, 2.24) is 4.90 Å². The molecule has 0 saturated heterocycles. The number of likely N-dealkylation sites (N-methyl/N-ethyl adjacent to an activating group) is 1. The number of hydrogen-bond acceptors (Lipinski definition) is 3. The molecule has 0 fully saturated rings. The maximum Gasteiger partial charge on any atom is 0.239 e. The molecule has 3 nitrogen and oxygen atoms in total.